The van der Waals surface area contributed by atoms with Crippen molar-refractivity contribution < 1.29 is 13.9 Å². The van der Waals surface area contributed by atoms with E-state index < -0.39 is 6.03 Å². The molecule has 0 atom stereocenters. The molecule has 1 heterocycles. The third-order valence-electron chi connectivity index (χ3n) is 5.67. The largest absolute Gasteiger partial charge is 0.495 e. The number of hydrogen-bond donors (Lipinski definition) is 2. The van der Waals surface area contributed by atoms with Crippen LogP contribution in [0.5, 0.6) is 5.75 Å². The molecule has 0 saturated carbocycles. The van der Waals surface area contributed by atoms with Gasteiger partial charge in [0, 0.05) is 23.0 Å². The van der Waals surface area contributed by atoms with Crippen LogP contribution in [0.4, 0.5) is 14.9 Å². The third-order valence-corrected chi connectivity index (χ3v) is 5.67. The fraction of sp³-hybridized carbons (Fsp3) is 0.185. The van der Waals surface area contributed by atoms with E-state index in [2.05, 4.69) is 16.4 Å². The summed E-state index contributed by atoms with van der Waals surface area (Å²) in [5.74, 6) is 0.164. The van der Waals surface area contributed by atoms with E-state index in [4.69, 9.17) is 4.74 Å². The number of aryl methyl sites for hydroxylation is 2. The Bertz CT molecular complexity index is 1400. The Morgan fingerprint density at radius 3 is 2.50 bits per heavy atom. The summed E-state index contributed by atoms with van der Waals surface area (Å²) in [6.45, 7) is 4.22. The first kappa shape index (κ1) is 23.0. The SMILES string of the molecule is COc1ccccc1NC(=O)N(Cc1ccc(F)cc1)Cc1cc2c(C)cc(C)cc2[nH]c1=O. The van der Waals surface area contributed by atoms with Gasteiger partial charge in [-0.2, -0.15) is 0 Å². The number of ether oxygens (including phenoxy) is 1. The Balaban J connectivity index is 1.69. The van der Waals surface area contributed by atoms with Crippen LogP contribution < -0.4 is 15.6 Å². The summed E-state index contributed by atoms with van der Waals surface area (Å²) in [4.78, 5) is 30.7. The third kappa shape index (κ3) is 5.09. The topological polar surface area (TPSA) is 74.4 Å². The average molecular weight is 460 g/mol. The number of benzene rings is 3. The number of para-hydroxylation sites is 2. The Morgan fingerprint density at radius 2 is 1.76 bits per heavy atom. The van der Waals surface area contributed by atoms with E-state index in [0.717, 1.165) is 27.6 Å². The van der Waals surface area contributed by atoms with Gasteiger partial charge >= 0.3 is 6.03 Å². The number of hydrogen-bond acceptors (Lipinski definition) is 3. The molecule has 0 spiro atoms. The molecule has 0 aliphatic heterocycles. The summed E-state index contributed by atoms with van der Waals surface area (Å²) < 4.78 is 18.8. The quantitative estimate of drug-likeness (QED) is 0.398. The molecule has 174 valence electrons. The lowest BCUT2D eigenvalue weighted by Gasteiger charge is -2.24. The molecular formula is C27H26FN3O3. The molecule has 2 amide bonds. The van der Waals surface area contributed by atoms with E-state index in [-0.39, 0.29) is 24.5 Å². The fourth-order valence-corrected chi connectivity index (χ4v) is 3.99. The van der Waals surface area contributed by atoms with Gasteiger partial charge in [0.1, 0.15) is 11.6 Å². The number of rotatable bonds is 6. The predicted octanol–water partition coefficient (Wildman–Crippen LogP) is 5.53. The van der Waals surface area contributed by atoms with Gasteiger partial charge in [0.15, 0.2) is 0 Å². The predicted molar refractivity (Wildman–Crippen MR) is 132 cm³/mol. The van der Waals surface area contributed by atoms with Gasteiger partial charge in [0.2, 0.25) is 0 Å². The molecule has 3 aromatic carbocycles. The second-order valence-corrected chi connectivity index (χ2v) is 8.28. The molecule has 4 aromatic rings. The smallest absolute Gasteiger partial charge is 0.322 e. The van der Waals surface area contributed by atoms with E-state index in [1.807, 2.05) is 32.0 Å². The summed E-state index contributed by atoms with van der Waals surface area (Å²) in [7, 11) is 1.53. The van der Waals surface area contributed by atoms with Gasteiger partial charge in [-0.05, 0) is 66.9 Å². The summed E-state index contributed by atoms with van der Waals surface area (Å²) in [5, 5.41) is 3.79. The lowest BCUT2D eigenvalue weighted by molar-refractivity contribution is 0.206. The molecule has 4 rings (SSSR count). The minimum atomic E-state index is -0.408. The Morgan fingerprint density at radius 1 is 1.03 bits per heavy atom. The molecule has 34 heavy (non-hydrogen) atoms. The molecule has 7 heteroatoms. The van der Waals surface area contributed by atoms with Crippen molar-refractivity contribution in [1.82, 2.24) is 9.88 Å². The lowest BCUT2D eigenvalue weighted by Crippen LogP contribution is -2.35. The number of halogens is 1. The van der Waals surface area contributed by atoms with Crippen molar-refractivity contribution in [3.8, 4) is 5.75 Å². The Labute approximate surface area is 197 Å². The molecule has 2 N–H and O–H groups in total. The van der Waals surface area contributed by atoms with Crippen LogP contribution in [0.15, 0.2) is 71.5 Å². The number of urea groups is 1. The van der Waals surface area contributed by atoms with E-state index in [1.54, 1.807) is 30.3 Å². The Hall–Kier alpha value is -4.13. The summed E-state index contributed by atoms with van der Waals surface area (Å²) in [5.41, 5.74) is 4.30. The highest BCUT2D eigenvalue weighted by atomic mass is 19.1. The first-order chi connectivity index (χ1) is 16.3. The highest BCUT2D eigenvalue weighted by Crippen LogP contribution is 2.24. The molecule has 0 saturated heterocycles. The fourth-order valence-electron chi connectivity index (χ4n) is 3.99. The number of nitrogens with one attached hydrogen (secondary N) is 2. The number of carbonyl (C=O) groups is 1. The lowest BCUT2D eigenvalue weighted by atomic mass is 10.0. The number of fused-ring (bicyclic) bond motifs is 1. The number of anilines is 1. The minimum absolute atomic E-state index is 0.0664. The zero-order valence-electron chi connectivity index (χ0n) is 19.3. The van der Waals surface area contributed by atoms with E-state index >= 15 is 0 Å². The van der Waals surface area contributed by atoms with Crippen molar-refractivity contribution in [2.75, 3.05) is 12.4 Å². The Kier molecular flexibility index (Phi) is 6.63. The van der Waals surface area contributed by atoms with Crippen LogP contribution in [0.2, 0.25) is 0 Å². The number of aromatic amines is 1. The first-order valence-corrected chi connectivity index (χ1v) is 10.9. The summed E-state index contributed by atoms with van der Waals surface area (Å²) in [6, 6.07) is 18.4. The molecule has 0 radical (unpaired) electrons. The van der Waals surface area contributed by atoms with Crippen LogP contribution in [0.25, 0.3) is 10.9 Å². The van der Waals surface area contributed by atoms with E-state index in [9.17, 15) is 14.0 Å². The molecule has 0 fully saturated rings. The highest BCUT2D eigenvalue weighted by molar-refractivity contribution is 5.91. The summed E-state index contributed by atoms with van der Waals surface area (Å²) in [6.07, 6.45) is 0. The maximum atomic E-state index is 13.4. The van der Waals surface area contributed by atoms with Crippen LogP contribution in [-0.2, 0) is 13.1 Å². The van der Waals surface area contributed by atoms with Crippen molar-refractivity contribution in [2.24, 2.45) is 0 Å². The van der Waals surface area contributed by atoms with Gasteiger partial charge in [-0.3, -0.25) is 4.79 Å². The van der Waals surface area contributed by atoms with Crippen molar-refractivity contribution in [3.63, 3.8) is 0 Å². The number of aromatic nitrogens is 1. The maximum absolute atomic E-state index is 13.4. The molecule has 0 bridgehead atoms. The number of H-pyrrole nitrogens is 1. The monoisotopic (exact) mass is 459 g/mol. The van der Waals surface area contributed by atoms with E-state index in [1.165, 1.54) is 24.1 Å². The van der Waals surface area contributed by atoms with E-state index in [0.29, 0.717) is 17.0 Å². The maximum Gasteiger partial charge on any atom is 0.322 e. The molecule has 0 aliphatic rings. The highest BCUT2D eigenvalue weighted by Gasteiger charge is 2.19. The normalized spacial score (nSPS) is 10.8. The zero-order valence-corrected chi connectivity index (χ0v) is 19.3. The van der Waals surface area contributed by atoms with Crippen molar-refractivity contribution in [1.29, 1.82) is 0 Å². The average Bonchev–Trinajstić information content (AvgIpc) is 2.81. The molecule has 6 nitrogen and oxygen atoms in total. The molecule has 0 unspecified atom stereocenters. The van der Waals surface area contributed by atoms with Gasteiger partial charge in [-0.1, -0.05) is 30.3 Å². The van der Waals surface area contributed by atoms with Gasteiger partial charge in [0.05, 0.1) is 19.3 Å². The van der Waals surface area contributed by atoms with Gasteiger partial charge in [0.25, 0.3) is 5.56 Å². The van der Waals surface area contributed by atoms with Crippen LogP contribution in [0, 0.1) is 19.7 Å². The van der Waals surface area contributed by atoms with Crippen molar-refractivity contribution in [3.05, 3.63) is 105 Å². The summed E-state index contributed by atoms with van der Waals surface area (Å²) >= 11 is 0. The number of nitrogens with zero attached hydrogens (tertiary/aromatic N) is 1. The second kappa shape index (κ2) is 9.79. The standard InChI is InChI=1S/C27H26FN3O3/c1-17-12-18(2)22-14-20(26(32)29-24(22)13-17)16-31(15-19-8-10-21(28)11-9-19)27(33)30-23-6-4-5-7-25(23)34-3/h4-14H,15-16H2,1-3H3,(H,29,32)(H,30,33). The van der Waals surface area contributed by atoms with Gasteiger partial charge < -0.3 is 19.9 Å². The molecular weight excluding hydrogens is 433 g/mol. The first-order valence-electron chi connectivity index (χ1n) is 10.9. The number of pyridine rings is 1. The molecule has 0 aliphatic carbocycles. The van der Waals surface area contributed by atoms with Crippen LogP contribution in [0.1, 0.15) is 22.3 Å². The molecule has 1 aromatic heterocycles. The van der Waals surface area contributed by atoms with Crippen molar-refractivity contribution >= 4 is 22.6 Å². The van der Waals surface area contributed by atoms with Crippen LogP contribution in [-0.4, -0.2) is 23.0 Å². The van der Waals surface area contributed by atoms with Gasteiger partial charge in [-0.25, -0.2) is 9.18 Å². The van der Waals surface area contributed by atoms with Crippen molar-refractivity contribution in [2.45, 2.75) is 26.9 Å². The number of amides is 2. The van der Waals surface area contributed by atoms with Crippen LogP contribution in [0.3, 0.4) is 0 Å². The minimum Gasteiger partial charge on any atom is -0.495 e. The van der Waals surface area contributed by atoms with Gasteiger partial charge in [-0.15, -0.1) is 0 Å². The zero-order chi connectivity index (χ0) is 24.2. The number of methoxy groups -OCH3 is 1. The second-order valence-electron chi connectivity index (χ2n) is 8.28. The number of carbonyl (C=O) groups excluding carboxylic acids is 1. The van der Waals surface area contributed by atoms with Crippen LogP contribution >= 0.6 is 0 Å².